The Balaban J connectivity index is 2.04. The van der Waals surface area contributed by atoms with Crippen LogP contribution in [0.15, 0.2) is 65.6 Å². The van der Waals surface area contributed by atoms with E-state index in [1.54, 1.807) is 55.7 Å². The summed E-state index contributed by atoms with van der Waals surface area (Å²) >= 11 is 6.08. The highest BCUT2D eigenvalue weighted by Crippen LogP contribution is 2.33. The van der Waals surface area contributed by atoms with Crippen LogP contribution in [-0.2, 0) is 7.05 Å². The minimum absolute atomic E-state index is 0.145. The lowest BCUT2D eigenvalue weighted by atomic mass is 9.84. The minimum Gasteiger partial charge on any atom is -0.508 e. The number of aryl methyl sites for hydroxylation is 2. The first-order valence-electron chi connectivity index (χ1n) is 8.60. The summed E-state index contributed by atoms with van der Waals surface area (Å²) in [6.07, 6.45) is 1.77. The van der Waals surface area contributed by atoms with Gasteiger partial charge in [-0.25, -0.2) is 0 Å². The summed E-state index contributed by atoms with van der Waals surface area (Å²) in [6.45, 7) is 1.95. The topological polar surface area (TPSA) is 59.3 Å². The maximum atomic E-state index is 12.9. The zero-order chi connectivity index (χ0) is 19.6. The number of pyridine rings is 1. The number of phenols is 1. The van der Waals surface area contributed by atoms with Gasteiger partial charge in [0.1, 0.15) is 5.75 Å². The molecule has 0 radical (unpaired) electrons. The second kappa shape index (κ2) is 7.80. The van der Waals surface area contributed by atoms with Crippen LogP contribution in [0, 0.1) is 6.92 Å². The highest BCUT2D eigenvalue weighted by atomic mass is 35.5. The molecule has 4 nitrogen and oxygen atoms in total. The lowest BCUT2D eigenvalue weighted by Gasteiger charge is -2.20. The molecule has 2 aromatic carbocycles. The van der Waals surface area contributed by atoms with Gasteiger partial charge in [-0.15, -0.1) is 0 Å². The van der Waals surface area contributed by atoms with Crippen molar-refractivity contribution in [1.82, 2.24) is 4.57 Å². The molecule has 0 aliphatic carbocycles. The van der Waals surface area contributed by atoms with E-state index < -0.39 is 0 Å². The van der Waals surface area contributed by atoms with Gasteiger partial charge in [-0.2, -0.15) is 0 Å². The third kappa shape index (κ3) is 4.12. The molecule has 3 rings (SSSR count). The van der Waals surface area contributed by atoms with Crippen molar-refractivity contribution in [3.05, 3.63) is 98.4 Å². The van der Waals surface area contributed by atoms with E-state index in [1.807, 2.05) is 19.1 Å². The predicted octanol–water partition coefficient (Wildman–Crippen LogP) is 4.46. The van der Waals surface area contributed by atoms with Gasteiger partial charge >= 0.3 is 0 Å². The van der Waals surface area contributed by atoms with E-state index >= 15 is 0 Å². The van der Waals surface area contributed by atoms with E-state index in [0.29, 0.717) is 5.02 Å². The molecule has 27 heavy (non-hydrogen) atoms. The van der Waals surface area contributed by atoms with Crippen LogP contribution in [-0.4, -0.2) is 15.5 Å². The smallest absolute Gasteiger partial charge is 0.261 e. The fraction of sp³-hybridized carbons (Fsp3) is 0.182. The van der Waals surface area contributed by atoms with Crippen molar-refractivity contribution in [3.63, 3.8) is 0 Å². The average molecular weight is 382 g/mol. The van der Waals surface area contributed by atoms with Gasteiger partial charge in [0.2, 0.25) is 0 Å². The predicted molar refractivity (Wildman–Crippen MR) is 107 cm³/mol. The summed E-state index contributed by atoms with van der Waals surface area (Å²) in [5, 5.41) is 10.2. The molecule has 0 saturated carbocycles. The normalized spacial score (nSPS) is 12.0. The van der Waals surface area contributed by atoms with E-state index in [0.717, 1.165) is 16.7 Å². The lowest BCUT2D eigenvalue weighted by molar-refractivity contribution is 0.0975. The number of ketones is 1. The quantitative estimate of drug-likeness (QED) is 0.664. The molecule has 0 bridgehead atoms. The molecule has 5 heteroatoms. The molecule has 0 amide bonds. The molecule has 0 saturated heterocycles. The van der Waals surface area contributed by atoms with Gasteiger partial charge in [-0.3, -0.25) is 9.59 Å². The third-order valence-corrected chi connectivity index (χ3v) is 4.95. The van der Waals surface area contributed by atoms with Gasteiger partial charge in [0.25, 0.3) is 5.56 Å². The number of aromatic hydroxyl groups is 1. The van der Waals surface area contributed by atoms with E-state index in [2.05, 4.69) is 0 Å². The van der Waals surface area contributed by atoms with Crippen molar-refractivity contribution < 1.29 is 9.90 Å². The van der Waals surface area contributed by atoms with Crippen LogP contribution in [0.4, 0.5) is 0 Å². The Labute approximate surface area is 162 Å². The molecule has 0 fully saturated rings. The molecule has 1 atom stereocenters. The summed E-state index contributed by atoms with van der Waals surface area (Å²) < 4.78 is 1.40. The maximum Gasteiger partial charge on any atom is 0.261 e. The molecular weight excluding hydrogens is 362 g/mol. The van der Waals surface area contributed by atoms with Crippen LogP contribution < -0.4 is 5.56 Å². The van der Waals surface area contributed by atoms with Gasteiger partial charge in [0.15, 0.2) is 5.78 Å². The number of phenolic OH excluding ortho intramolecular Hbond substituents is 1. The average Bonchev–Trinajstić information content (AvgIpc) is 2.63. The van der Waals surface area contributed by atoms with Gasteiger partial charge in [-0.05, 0) is 60.0 Å². The summed E-state index contributed by atoms with van der Waals surface area (Å²) in [4.78, 5) is 25.2. The van der Waals surface area contributed by atoms with Gasteiger partial charge < -0.3 is 9.67 Å². The molecule has 3 aromatic rings. The van der Waals surface area contributed by atoms with Gasteiger partial charge in [0.05, 0.1) is 5.56 Å². The fourth-order valence-electron chi connectivity index (χ4n) is 3.25. The summed E-state index contributed by atoms with van der Waals surface area (Å²) in [7, 11) is 1.62. The van der Waals surface area contributed by atoms with Crippen molar-refractivity contribution in [3.8, 4) is 5.75 Å². The molecule has 0 spiro atoms. The van der Waals surface area contributed by atoms with Crippen LogP contribution in [0.3, 0.4) is 0 Å². The first-order valence-corrected chi connectivity index (χ1v) is 8.98. The Morgan fingerprint density at radius 3 is 2.52 bits per heavy atom. The van der Waals surface area contributed by atoms with Crippen molar-refractivity contribution in [2.45, 2.75) is 19.3 Å². The van der Waals surface area contributed by atoms with Crippen molar-refractivity contribution >= 4 is 17.4 Å². The maximum absolute atomic E-state index is 12.9. The zero-order valence-electron chi connectivity index (χ0n) is 15.1. The van der Waals surface area contributed by atoms with E-state index in [4.69, 9.17) is 11.6 Å². The summed E-state index contributed by atoms with van der Waals surface area (Å²) in [5.41, 5.74) is 2.69. The Hall–Kier alpha value is -2.85. The number of hydrogen-bond acceptors (Lipinski definition) is 3. The molecular formula is C22H20ClNO3. The van der Waals surface area contributed by atoms with Crippen LogP contribution >= 0.6 is 11.6 Å². The molecule has 0 aliphatic heterocycles. The van der Waals surface area contributed by atoms with Gasteiger partial charge in [0, 0.05) is 30.6 Å². The number of rotatable bonds is 5. The number of halogens is 1. The van der Waals surface area contributed by atoms with E-state index in [1.165, 1.54) is 4.57 Å². The van der Waals surface area contributed by atoms with Crippen LogP contribution in [0.1, 0.15) is 39.4 Å². The molecule has 1 aromatic heterocycles. The Kier molecular flexibility index (Phi) is 5.47. The molecule has 1 N–H and O–H groups in total. The summed E-state index contributed by atoms with van der Waals surface area (Å²) in [6, 6.07) is 15.6. The largest absolute Gasteiger partial charge is 0.508 e. The van der Waals surface area contributed by atoms with E-state index in [-0.39, 0.29) is 35.0 Å². The Morgan fingerprint density at radius 1 is 1.15 bits per heavy atom. The Morgan fingerprint density at radius 2 is 1.85 bits per heavy atom. The number of benzene rings is 2. The van der Waals surface area contributed by atoms with Crippen molar-refractivity contribution in [2.75, 3.05) is 0 Å². The molecule has 0 aliphatic rings. The highest BCUT2D eigenvalue weighted by Gasteiger charge is 2.22. The zero-order valence-corrected chi connectivity index (χ0v) is 15.9. The second-order valence-electron chi connectivity index (χ2n) is 6.61. The standard InChI is InChI=1S/C22H20ClNO3/c1-14-12-16(23)7-10-18(14)20(15-5-8-17(25)9-6-15)13-21(26)19-4-3-11-24(2)22(19)27/h3-12,20,25H,13H2,1-2H3. The lowest BCUT2D eigenvalue weighted by Crippen LogP contribution is -2.24. The second-order valence-corrected chi connectivity index (χ2v) is 7.05. The van der Waals surface area contributed by atoms with Crippen molar-refractivity contribution in [1.29, 1.82) is 0 Å². The number of aromatic nitrogens is 1. The van der Waals surface area contributed by atoms with Gasteiger partial charge in [-0.1, -0.05) is 29.8 Å². The van der Waals surface area contributed by atoms with E-state index in [9.17, 15) is 14.7 Å². The van der Waals surface area contributed by atoms with Crippen LogP contribution in [0.2, 0.25) is 5.02 Å². The number of carbonyl (C=O) groups is 1. The number of Topliss-reactive ketones (excluding diaryl/α,β-unsaturated/α-hetero) is 1. The molecule has 1 unspecified atom stereocenters. The number of hydrogen-bond donors (Lipinski definition) is 1. The number of carbonyl (C=O) groups excluding carboxylic acids is 1. The number of nitrogens with zero attached hydrogens (tertiary/aromatic N) is 1. The monoisotopic (exact) mass is 381 g/mol. The van der Waals surface area contributed by atoms with Crippen molar-refractivity contribution in [2.24, 2.45) is 7.05 Å². The highest BCUT2D eigenvalue weighted by molar-refractivity contribution is 6.30. The fourth-order valence-corrected chi connectivity index (χ4v) is 3.48. The molecule has 1 heterocycles. The summed E-state index contributed by atoms with van der Waals surface area (Å²) in [5.74, 6) is -0.308. The minimum atomic E-state index is -0.306. The van der Waals surface area contributed by atoms with Crippen LogP contribution in [0.5, 0.6) is 5.75 Å². The first kappa shape index (κ1) is 18.9. The first-order chi connectivity index (χ1) is 12.9. The Bertz CT molecular complexity index is 1040. The van der Waals surface area contributed by atoms with Crippen LogP contribution in [0.25, 0.3) is 0 Å². The third-order valence-electron chi connectivity index (χ3n) is 4.72. The molecule has 138 valence electrons. The SMILES string of the molecule is Cc1cc(Cl)ccc1C(CC(=O)c1cccn(C)c1=O)c1ccc(O)cc1.